The van der Waals surface area contributed by atoms with E-state index >= 15 is 0 Å². The molecule has 1 heterocycles. The fourth-order valence-corrected chi connectivity index (χ4v) is 4.88. The molecule has 1 rings (SSSR count). The van der Waals surface area contributed by atoms with Gasteiger partial charge in [0.15, 0.2) is 0 Å². The van der Waals surface area contributed by atoms with E-state index in [4.69, 9.17) is 23.7 Å². The molecule has 0 radical (unpaired) electrons. The smallest absolute Gasteiger partial charge is 0.285 e. The fourth-order valence-electron chi connectivity index (χ4n) is 4.88. The molecule has 192 valence electrons. The molecule has 5 nitrogen and oxygen atoms in total. The van der Waals surface area contributed by atoms with Gasteiger partial charge in [-0.3, -0.25) is 0 Å². The molecule has 0 spiro atoms. The Morgan fingerprint density at radius 3 is 2.00 bits per heavy atom. The van der Waals surface area contributed by atoms with Crippen LogP contribution in [-0.4, -0.2) is 52.2 Å². The van der Waals surface area contributed by atoms with Gasteiger partial charge in [0, 0.05) is 44.4 Å². The van der Waals surface area contributed by atoms with E-state index in [1.165, 1.54) is 44.9 Å². The van der Waals surface area contributed by atoms with Crippen LogP contribution in [0.25, 0.3) is 0 Å². The lowest BCUT2D eigenvalue weighted by atomic mass is 9.81. The van der Waals surface area contributed by atoms with E-state index < -0.39 is 5.97 Å². The Balaban J connectivity index is 2.61. The Kier molecular flexibility index (Phi) is 16.9. The lowest BCUT2D eigenvalue weighted by Gasteiger charge is -2.39. The van der Waals surface area contributed by atoms with E-state index in [0.717, 1.165) is 58.5 Å². The first-order valence-electron chi connectivity index (χ1n) is 13.7. The van der Waals surface area contributed by atoms with Gasteiger partial charge in [-0.1, -0.05) is 52.4 Å². The zero-order chi connectivity index (χ0) is 23.5. The SMILES string of the molecule is CCCCCCCCC(CCCOCC1(CC)CCCOC1)C(OCC)(OCC)OCC. The number of unbranched alkanes of at least 4 members (excludes halogenated alkanes) is 5. The molecule has 32 heavy (non-hydrogen) atoms. The highest BCUT2D eigenvalue weighted by Gasteiger charge is 2.41. The molecule has 0 aromatic rings. The van der Waals surface area contributed by atoms with E-state index in [-0.39, 0.29) is 11.3 Å². The summed E-state index contributed by atoms with van der Waals surface area (Å²) >= 11 is 0. The molecule has 2 unspecified atom stereocenters. The van der Waals surface area contributed by atoms with Crippen molar-refractivity contribution >= 4 is 0 Å². The molecule has 0 aliphatic carbocycles. The minimum atomic E-state index is -0.927. The van der Waals surface area contributed by atoms with Crippen LogP contribution >= 0.6 is 0 Å². The van der Waals surface area contributed by atoms with Crippen molar-refractivity contribution in [2.24, 2.45) is 11.3 Å². The number of hydrogen-bond donors (Lipinski definition) is 0. The second-order valence-corrected chi connectivity index (χ2v) is 9.36. The number of hydrogen-bond acceptors (Lipinski definition) is 5. The first-order valence-corrected chi connectivity index (χ1v) is 13.7. The van der Waals surface area contributed by atoms with Gasteiger partial charge >= 0.3 is 0 Å². The third-order valence-corrected chi connectivity index (χ3v) is 6.85. The van der Waals surface area contributed by atoms with Crippen LogP contribution < -0.4 is 0 Å². The van der Waals surface area contributed by atoms with Crippen molar-refractivity contribution < 1.29 is 23.7 Å². The van der Waals surface area contributed by atoms with Crippen LogP contribution in [0.3, 0.4) is 0 Å². The first-order chi connectivity index (χ1) is 15.6. The van der Waals surface area contributed by atoms with Gasteiger partial charge in [-0.15, -0.1) is 0 Å². The molecule has 0 bridgehead atoms. The Morgan fingerprint density at radius 2 is 1.44 bits per heavy atom. The van der Waals surface area contributed by atoms with Crippen LogP contribution in [0, 0.1) is 11.3 Å². The quantitative estimate of drug-likeness (QED) is 0.135. The summed E-state index contributed by atoms with van der Waals surface area (Å²) in [5.41, 5.74) is 0.210. The predicted octanol–water partition coefficient (Wildman–Crippen LogP) is 7.12. The van der Waals surface area contributed by atoms with Crippen molar-refractivity contribution in [3.05, 3.63) is 0 Å². The van der Waals surface area contributed by atoms with Crippen LogP contribution in [-0.2, 0) is 23.7 Å². The topological polar surface area (TPSA) is 46.2 Å². The molecule has 0 aromatic heterocycles. The second-order valence-electron chi connectivity index (χ2n) is 9.36. The third-order valence-electron chi connectivity index (χ3n) is 6.85. The minimum absolute atomic E-state index is 0.210. The summed E-state index contributed by atoms with van der Waals surface area (Å²) in [6.07, 6.45) is 14.3. The van der Waals surface area contributed by atoms with E-state index in [0.29, 0.717) is 19.8 Å². The molecule has 0 aromatic carbocycles. The van der Waals surface area contributed by atoms with E-state index in [2.05, 4.69) is 13.8 Å². The summed E-state index contributed by atoms with van der Waals surface area (Å²) in [7, 11) is 0. The molecule has 5 heteroatoms. The number of ether oxygens (including phenoxy) is 5. The largest absolute Gasteiger partial charge is 0.381 e. The van der Waals surface area contributed by atoms with Crippen molar-refractivity contribution in [1.29, 1.82) is 0 Å². The normalized spacial score (nSPS) is 20.5. The molecule has 1 aliphatic heterocycles. The Hall–Kier alpha value is -0.200. The summed E-state index contributed by atoms with van der Waals surface area (Å²) in [6, 6.07) is 0. The van der Waals surface area contributed by atoms with Crippen LogP contribution in [0.4, 0.5) is 0 Å². The summed E-state index contributed by atoms with van der Waals surface area (Å²) < 4.78 is 30.4. The van der Waals surface area contributed by atoms with Gasteiger partial charge < -0.3 is 23.7 Å². The lowest BCUT2D eigenvalue weighted by molar-refractivity contribution is -0.403. The van der Waals surface area contributed by atoms with Gasteiger partial charge in [0.2, 0.25) is 0 Å². The Bertz CT molecular complexity index is 405. The van der Waals surface area contributed by atoms with Gasteiger partial charge in [0.05, 0.1) is 13.2 Å². The standard InChI is InChI=1S/C27H54O5/c1-6-11-12-13-14-15-18-25(27(30-8-3,31-9-4)32-10-5)19-16-21-28-23-26(7-2)20-17-22-29-24-26/h25H,6-24H2,1-5H3. The van der Waals surface area contributed by atoms with Crippen LogP contribution in [0.15, 0.2) is 0 Å². The minimum Gasteiger partial charge on any atom is -0.381 e. The highest BCUT2D eigenvalue weighted by molar-refractivity contribution is 4.80. The predicted molar refractivity (Wildman–Crippen MR) is 132 cm³/mol. The molecule has 2 atom stereocenters. The highest BCUT2D eigenvalue weighted by atomic mass is 16.9. The van der Waals surface area contributed by atoms with E-state index in [9.17, 15) is 0 Å². The zero-order valence-electron chi connectivity index (χ0n) is 22.1. The highest BCUT2D eigenvalue weighted by Crippen LogP contribution is 2.35. The number of rotatable bonds is 21. The maximum absolute atomic E-state index is 6.18. The van der Waals surface area contributed by atoms with Crippen molar-refractivity contribution in [3.63, 3.8) is 0 Å². The van der Waals surface area contributed by atoms with E-state index in [1.54, 1.807) is 0 Å². The van der Waals surface area contributed by atoms with Crippen molar-refractivity contribution in [2.75, 3.05) is 46.2 Å². The van der Waals surface area contributed by atoms with Crippen LogP contribution in [0.5, 0.6) is 0 Å². The zero-order valence-corrected chi connectivity index (χ0v) is 22.1. The third kappa shape index (κ3) is 10.8. The summed E-state index contributed by atoms with van der Waals surface area (Å²) in [6.45, 7) is 15.7. The first kappa shape index (κ1) is 29.8. The van der Waals surface area contributed by atoms with Gasteiger partial charge in [-0.05, 0) is 59.3 Å². The van der Waals surface area contributed by atoms with Crippen molar-refractivity contribution in [3.8, 4) is 0 Å². The average Bonchev–Trinajstić information content (AvgIpc) is 2.80. The molecule has 0 N–H and O–H groups in total. The van der Waals surface area contributed by atoms with Crippen molar-refractivity contribution in [2.45, 2.75) is 118 Å². The molecule has 1 fully saturated rings. The van der Waals surface area contributed by atoms with E-state index in [1.807, 2.05) is 20.8 Å². The van der Waals surface area contributed by atoms with Crippen LogP contribution in [0.2, 0.25) is 0 Å². The summed E-state index contributed by atoms with van der Waals surface area (Å²) in [5.74, 6) is -0.709. The molecular formula is C27H54O5. The molecule has 0 saturated carbocycles. The average molecular weight is 459 g/mol. The van der Waals surface area contributed by atoms with Gasteiger partial charge in [-0.2, -0.15) is 0 Å². The fraction of sp³-hybridized carbons (Fsp3) is 1.00. The van der Waals surface area contributed by atoms with Crippen LogP contribution in [0.1, 0.15) is 112 Å². The Morgan fingerprint density at radius 1 is 0.812 bits per heavy atom. The monoisotopic (exact) mass is 458 g/mol. The Labute approximate surface area is 199 Å². The van der Waals surface area contributed by atoms with Gasteiger partial charge in [0.1, 0.15) is 0 Å². The molecule has 1 aliphatic rings. The lowest BCUT2D eigenvalue weighted by Crippen LogP contribution is -2.47. The second kappa shape index (κ2) is 18.2. The van der Waals surface area contributed by atoms with Crippen molar-refractivity contribution in [1.82, 2.24) is 0 Å². The molecule has 0 amide bonds. The summed E-state index contributed by atoms with van der Waals surface area (Å²) in [4.78, 5) is 0. The van der Waals surface area contributed by atoms with Gasteiger partial charge in [0.25, 0.3) is 5.97 Å². The molecule has 1 saturated heterocycles. The molecular weight excluding hydrogens is 404 g/mol. The maximum Gasteiger partial charge on any atom is 0.285 e. The van der Waals surface area contributed by atoms with Gasteiger partial charge in [-0.25, -0.2) is 0 Å². The summed E-state index contributed by atoms with van der Waals surface area (Å²) in [5, 5.41) is 0. The maximum atomic E-state index is 6.18.